The van der Waals surface area contributed by atoms with Crippen LogP contribution in [0.4, 0.5) is 0 Å². The van der Waals surface area contributed by atoms with Gasteiger partial charge in [0.1, 0.15) is 0 Å². The molecule has 4 aromatic rings. The van der Waals surface area contributed by atoms with E-state index in [1.807, 2.05) is 24.8 Å². The van der Waals surface area contributed by atoms with Crippen molar-refractivity contribution in [2.75, 3.05) is 0 Å². The number of rotatable bonds is 2. The second kappa shape index (κ2) is 62.3. The molecule has 4 heterocycles. The van der Waals surface area contributed by atoms with Crippen LogP contribution < -0.4 is 0 Å². The first kappa shape index (κ1) is 104. The summed E-state index contributed by atoms with van der Waals surface area (Å²) in [7, 11) is 0. The Bertz CT molecular complexity index is 1630. The molecule has 0 amide bonds. The van der Waals surface area contributed by atoms with E-state index in [4.69, 9.17) is 105 Å². The van der Waals surface area contributed by atoms with E-state index >= 15 is 0 Å². The molecule has 0 bridgehead atoms. The molecule has 0 aromatic carbocycles. The van der Waals surface area contributed by atoms with E-state index in [0.29, 0.717) is 0 Å². The maximum Gasteiger partial charge on any atom is 4.00 e. The summed E-state index contributed by atoms with van der Waals surface area (Å²) in [5.41, 5.74) is 9.42. The molecule has 0 fully saturated rings. The standard InChI is InChI=1S/2C18H24N2.2CHN.8CN.Eu.4H2O.2Ru/c2*1-17(2,3)13-7-9-19-15(11-13)16-12-14(8-10-20-16)18(4,5)6;10*1-2;;;;;;;/h2*7-12H,1-6H3;2*1H;;;;;;;;;;4*1H2;;/q;;;;8*-1;;;;;;2*+4. The van der Waals surface area contributed by atoms with Crippen molar-refractivity contribution in [2.24, 2.45) is 0 Å². The minimum Gasteiger partial charge on any atom is -0.512 e. The van der Waals surface area contributed by atoms with E-state index in [0.717, 1.165) is 22.8 Å². The minimum atomic E-state index is 0. The van der Waals surface area contributed by atoms with Crippen LogP contribution in [-0.2, 0) is 60.6 Å². The Kier molecular flexibility index (Phi) is 96.5. The summed E-state index contributed by atoms with van der Waals surface area (Å²) in [6.07, 6.45) is 7.51. The number of pyridine rings is 4. The molecule has 8 N–H and O–H groups in total. The van der Waals surface area contributed by atoms with Crippen LogP contribution in [-0.4, -0.2) is 41.8 Å². The topological polar surface area (TPSA) is 415 Å². The van der Waals surface area contributed by atoms with Crippen LogP contribution in [0.1, 0.15) is 105 Å². The van der Waals surface area contributed by atoms with E-state index < -0.39 is 0 Å². The van der Waals surface area contributed by atoms with Gasteiger partial charge in [0, 0.05) is 87.3 Å². The van der Waals surface area contributed by atoms with E-state index in [1.54, 1.807) is 0 Å². The van der Waals surface area contributed by atoms with Gasteiger partial charge in [-0.25, -0.2) is 10.5 Å². The van der Waals surface area contributed by atoms with Crippen molar-refractivity contribution in [1.82, 2.24) is 19.9 Å². The predicted octanol–water partition coefficient (Wildman–Crippen LogP) is 7.22. The molecule has 4 aromatic heterocycles. The fraction of sp³-hybridized carbons (Fsp3) is 0.348. The van der Waals surface area contributed by atoms with Gasteiger partial charge >= 0.3 is 39.0 Å². The monoisotopic (exact) mass is 1230 g/mol. The van der Waals surface area contributed by atoms with Crippen molar-refractivity contribution in [2.45, 2.75) is 105 Å². The molecule has 0 aliphatic heterocycles. The van der Waals surface area contributed by atoms with Gasteiger partial charge in [0.25, 0.3) is 0 Å². The van der Waals surface area contributed by atoms with E-state index in [9.17, 15) is 0 Å². The molecule has 0 aliphatic carbocycles. The smallest absolute Gasteiger partial charge is 0.512 e. The van der Waals surface area contributed by atoms with Crippen molar-refractivity contribution >= 4 is 0 Å². The van der Waals surface area contributed by atoms with Gasteiger partial charge in [-0.1, -0.05) is 83.1 Å². The third-order valence-electron chi connectivity index (χ3n) is 7.03. The molecule has 0 aliphatic rings. The van der Waals surface area contributed by atoms with Crippen LogP contribution in [0.3, 0.4) is 0 Å². The Labute approximate surface area is 467 Å². The molecular weight excluding hydrogens is 1170 g/mol. The van der Waals surface area contributed by atoms with Crippen molar-refractivity contribution in [3.63, 3.8) is 0 Å². The van der Waals surface area contributed by atoms with Gasteiger partial charge in [-0.3, -0.25) is 19.9 Å². The van der Waals surface area contributed by atoms with Gasteiger partial charge in [-0.05, 0) is 92.4 Å². The van der Waals surface area contributed by atoms with Crippen LogP contribution >= 0.6 is 0 Å². The summed E-state index contributed by atoms with van der Waals surface area (Å²) in [6, 6.07) is 16.9. The molecule has 18 nitrogen and oxygen atoms in total. The maximum atomic E-state index is 6.50. The summed E-state index contributed by atoms with van der Waals surface area (Å²) < 4.78 is 0. The quantitative estimate of drug-likeness (QED) is 0.141. The Hall–Kier alpha value is -5.83. The molecule has 21 heteroatoms. The first-order valence-electron chi connectivity index (χ1n) is 16.5. The van der Waals surface area contributed by atoms with Crippen LogP contribution in [0.5, 0.6) is 0 Å². The average Bonchev–Trinajstić information content (AvgIpc) is 3.30. The molecule has 0 saturated heterocycles. The Balaban J connectivity index is -0.0000000419. The number of nitriles is 2. The Morgan fingerprint density at radius 2 is 0.418 bits per heavy atom. The number of aromatic nitrogens is 4. The van der Waals surface area contributed by atoms with E-state index in [2.05, 4.69) is 165 Å². The molecule has 359 valence electrons. The van der Waals surface area contributed by atoms with Crippen LogP contribution in [0.2, 0.25) is 0 Å². The molecule has 0 unspecified atom stereocenters. The fourth-order valence-electron chi connectivity index (χ4n) is 4.15. The Morgan fingerprint density at radius 1 is 0.313 bits per heavy atom. The van der Waals surface area contributed by atoms with Gasteiger partial charge < -0.3 is 117 Å². The zero-order valence-electron chi connectivity index (χ0n) is 39.4. The third kappa shape index (κ3) is 46.5. The zero-order valence-corrected chi connectivity index (χ0v) is 45.3. The molecular formula is C46H58EuN14O4Ru2. The van der Waals surface area contributed by atoms with Crippen molar-refractivity contribution < 1.29 is 110 Å². The van der Waals surface area contributed by atoms with Crippen LogP contribution in [0.15, 0.2) is 73.3 Å². The minimum absolute atomic E-state index is 0. The summed E-state index contributed by atoms with van der Waals surface area (Å²) >= 11 is 0. The van der Waals surface area contributed by atoms with Gasteiger partial charge in [0.05, 0.1) is 22.8 Å². The van der Waals surface area contributed by atoms with Crippen molar-refractivity contribution in [3.8, 4) is 35.9 Å². The summed E-state index contributed by atoms with van der Waals surface area (Å²) in [6.45, 7) is 71.6. The summed E-state index contributed by atoms with van der Waals surface area (Å²) in [5.74, 6) is 0. The molecule has 1 radical (unpaired) electrons. The SMILES string of the molecule is C#N.C#N.CC(C)(C)c1ccnc(-c2cc(C(C)(C)C)ccn2)c1.CC(C)(C)c1ccnc(-c2cc(C(C)(C)C)ccn2)c1.O.O.O.O.[C-]#N.[C-]#N.[C-]#N.[C-]#N.[C-]#N.[C-]#N.[C-]#N.[C-]#N.[Eu].[Ru+4].[Ru+4]. The van der Waals surface area contributed by atoms with Gasteiger partial charge in [0.2, 0.25) is 0 Å². The second-order valence-corrected chi connectivity index (χ2v) is 14.7. The molecule has 0 spiro atoms. The van der Waals surface area contributed by atoms with Gasteiger partial charge in [-0.15, -0.1) is 0 Å². The Morgan fingerprint density at radius 3 is 0.507 bits per heavy atom. The summed E-state index contributed by atoms with van der Waals surface area (Å²) in [5, 5.41) is 63.0. The van der Waals surface area contributed by atoms with E-state index in [-0.39, 0.29) is 132 Å². The maximum absolute atomic E-state index is 6.50. The number of nitrogens with zero attached hydrogens (tertiary/aromatic N) is 14. The number of hydrogen-bond donors (Lipinski definition) is 0. The fourth-order valence-corrected chi connectivity index (χ4v) is 4.15. The van der Waals surface area contributed by atoms with E-state index in [1.165, 1.54) is 22.3 Å². The number of hydrogen-bond acceptors (Lipinski definition) is 14. The zero-order chi connectivity index (χ0) is 49.9. The van der Waals surface area contributed by atoms with Crippen molar-refractivity contribution in [1.29, 1.82) is 52.6 Å². The molecule has 4 rings (SSSR count). The van der Waals surface area contributed by atoms with Crippen molar-refractivity contribution in [3.05, 3.63) is 148 Å². The average molecular weight is 1230 g/mol. The predicted molar refractivity (Wildman–Crippen MR) is 237 cm³/mol. The van der Waals surface area contributed by atoms with Gasteiger partial charge in [-0.2, -0.15) is 0 Å². The summed E-state index contributed by atoms with van der Waals surface area (Å²) in [4.78, 5) is 17.9. The normalized spacial score (nSPS) is 7.76. The third-order valence-corrected chi connectivity index (χ3v) is 7.03. The first-order valence-corrected chi connectivity index (χ1v) is 16.5. The molecule has 0 atom stereocenters. The largest absolute Gasteiger partial charge is 4.00 e. The molecule has 0 saturated carbocycles. The van der Waals surface area contributed by atoms with Crippen LogP contribution in [0, 0.1) is 168 Å². The van der Waals surface area contributed by atoms with Crippen LogP contribution in [0.25, 0.3) is 22.8 Å². The van der Waals surface area contributed by atoms with Gasteiger partial charge in [0.15, 0.2) is 0 Å². The molecule has 67 heavy (non-hydrogen) atoms. The first-order chi connectivity index (χ1) is 28.4. The second-order valence-electron chi connectivity index (χ2n) is 14.7.